The Labute approximate surface area is 198 Å². The van der Waals surface area contributed by atoms with E-state index in [1.54, 1.807) is 36.4 Å². The van der Waals surface area contributed by atoms with Crippen LogP contribution in [0.25, 0.3) is 21.9 Å². The molecule has 35 heavy (non-hydrogen) atoms. The van der Waals surface area contributed by atoms with Crippen molar-refractivity contribution in [3.8, 4) is 11.1 Å². The van der Waals surface area contributed by atoms with E-state index < -0.39 is 4.92 Å². The van der Waals surface area contributed by atoms with Gasteiger partial charge in [0.15, 0.2) is 11.5 Å². The maximum absolute atomic E-state index is 13.5. The summed E-state index contributed by atoms with van der Waals surface area (Å²) in [7, 11) is 0. The highest BCUT2D eigenvalue weighted by Gasteiger charge is 2.37. The minimum absolute atomic E-state index is 0.0506. The minimum atomic E-state index is -0.492. The first-order chi connectivity index (χ1) is 17.0. The second kappa shape index (κ2) is 7.78. The monoisotopic (exact) mass is 460 g/mol. The van der Waals surface area contributed by atoms with Crippen LogP contribution < -0.4 is 5.32 Å². The third-order valence-corrected chi connectivity index (χ3v) is 6.13. The molecule has 7 heteroatoms. The average molecular weight is 460 g/mol. The first-order valence-corrected chi connectivity index (χ1v) is 10.9. The third-order valence-electron chi connectivity index (χ3n) is 6.13. The highest BCUT2D eigenvalue weighted by atomic mass is 16.6. The normalized spacial score (nSPS) is 12.3. The van der Waals surface area contributed by atoms with Crippen LogP contribution in [-0.4, -0.2) is 16.5 Å². The number of ketones is 2. The molecule has 1 aliphatic rings. The van der Waals surface area contributed by atoms with Crippen LogP contribution in [0.15, 0.2) is 95.4 Å². The molecule has 1 aromatic heterocycles. The number of nitro groups is 1. The van der Waals surface area contributed by atoms with Crippen molar-refractivity contribution in [2.45, 2.75) is 0 Å². The predicted octanol–water partition coefficient (Wildman–Crippen LogP) is 6.53. The molecule has 0 saturated carbocycles. The van der Waals surface area contributed by atoms with Crippen molar-refractivity contribution in [2.75, 3.05) is 5.32 Å². The second-order valence-corrected chi connectivity index (χ2v) is 8.21. The molecule has 1 N–H and O–H groups in total. The first-order valence-electron chi connectivity index (χ1n) is 10.9. The fourth-order valence-corrected chi connectivity index (χ4v) is 4.46. The van der Waals surface area contributed by atoms with Crippen molar-refractivity contribution in [3.63, 3.8) is 0 Å². The molecule has 6 rings (SSSR count). The number of furan rings is 1. The highest BCUT2D eigenvalue weighted by Crippen LogP contribution is 2.43. The van der Waals surface area contributed by atoms with Crippen LogP contribution in [0.5, 0.6) is 0 Å². The van der Waals surface area contributed by atoms with E-state index in [0.29, 0.717) is 22.4 Å². The van der Waals surface area contributed by atoms with Crippen molar-refractivity contribution in [2.24, 2.45) is 0 Å². The Morgan fingerprint density at radius 2 is 1.37 bits per heavy atom. The molecule has 1 heterocycles. The Morgan fingerprint density at radius 1 is 0.714 bits per heavy atom. The molecular weight excluding hydrogens is 444 g/mol. The summed E-state index contributed by atoms with van der Waals surface area (Å²) in [6, 6.07) is 26.1. The predicted molar refractivity (Wildman–Crippen MR) is 131 cm³/mol. The third kappa shape index (κ3) is 3.29. The average Bonchev–Trinajstić information content (AvgIpc) is 3.26. The molecule has 5 aromatic rings. The highest BCUT2D eigenvalue weighted by molar-refractivity contribution is 6.30. The smallest absolute Gasteiger partial charge is 0.269 e. The van der Waals surface area contributed by atoms with Gasteiger partial charge in [-0.05, 0) is 40.6 Å². The summed E-state index contributed by atoms with van der Waals surface area (Å²) in [5, 5.41) is 16.4. The molecule has 7 nitrogen and oxygen atoms in total. The maximum Gasteiger partial charge on any atom is 0.269 e. The summed E-state index contributed by atoms with van der Waals surface area (Å²) < 4.78 is 6.01. The number of nitrogens with one attached hydrogen (secondary N) is 1. The molecule has 0 atom stereocenters. The van der Waals surface area contributed by atoms with Gasteiger partial charge in [-0.1, -0.05) is 54.6 Å². The fraction of sp³-hybridized carbons (Fsp3) is 0. The van der Waals surface area contributed by atoms with Gasteiger partial charge in [0.1, 0.15) is 0 Å². The number of carbonyl (C=O) groups is 2. The molecule has 0 unspecified atom stereocenters. The molecule has 0 radical (unpaired) electrons. The number of fused-ring (bicyclic) bond motifs is 3. The number of non-ortho nitro benzene ring substituents is 1. The molecule has 0 fully saturated rings. The van der Waals surface area contributed by atoms with Crippen LogP contribution in [0.4, 0.5) is 17.3 Å². The molecule has 0 amide bonds. The largest absolute Gasteiger partial charge is 0.435 e. The zero-order chi connectivity index (χ0) is 24.1. The van der Waals surface area contributed by atoms with Crippen LogP contribution >= 0.6 is 0 Å². The Kier molecular flexibility index (Phi) is 4.57. The quantitative estimate of drug-likeness (QED) is 0.237. The van der Waals surface area contributed by atoms with Crippen LogP contribution in [-0.2, 0) is 0 Å². The summed E-state index contributed by atoms with van der Waals surface area (Å²) in [5.41, 5.74) is 2.25. The molecule has 168 valence electrons. The first kappa shape index (κ1) is 20.6. The van der Waals surface area contributed by atoms with Gasteiger partial charge in [-0.3, -0.25) is 19.7 Å². The minimum Gasteiger partial charge on any atom is -0.435 e. The van der Waals surface area contributed by atoms with Gasteiger partial charge in [-0.25, -0.2) is 0 Å². The number of hydrogen-bond acceptors (Lipinski definition) is 6. The zero-order valence-electron chi connectivity index (χ0n) is 18.1. The van der Waals surface area contributed by atoms with Crippen LogP contribution in [0.2, 0.25) is 0 Å². The van der Waals surface area contributed by atoms with E-state index in [1.165, 1.54) is 12.1 Å². The van der Waals surface area contributed by atoms with Crippen molar-refractivity contribution >= 4 is 39.6 Å². The SMILES string of the molecule is O=C1c2ccccc2C(=O)c2c1oc(Nc1ccc3ccccc3c1)c2-c1ccc([N+](=O)[O-])cc1. The fourth-order valence-electron chi connectivity index (χ4n) is 4.46. The van der Waals surface area contributed by atoms with Gasteiger partial charge < -0.3 is 9.73 Å². The number of benzene rings is 4. The summed E-state index contributed by atoms with van der Waals surface area (Å²) in [5.74, 6) is -0.553. The molecule has 1 aliphatic carbocycles. The maximum atomic E-state index is 13.5. The molecule has 0 bridgehead atoms. The van der Waals surface area contributed by atoms with E-state index in [9.17, 15) is 19.7 Å². The second-order valence-electron chi connectivity index (χ2n) is 8.21. The standard InChI is InChI=1S/C28H16N2O5/c31-25-21-7-3-4-8-22(21)26(32)27-24(25)23(17-10-13-20(14-11-17)30(33)34)28(35-27)29-19-12-9-16-5-1-2-6-18(16)15-19/h1-15,29H. The van der Waals surface area contributed by atoms with Crippen LogP contribution in [0, 0.1) is 10.1 Å². The van der Waals surface area contributed by atoms with Crippen molar-refractivity contribution in [1.29, 1.82) is 0 Å². The van der Waals surface area contributed by atoms with E-state index >= 15 is 0 Å². The zero-order valence-corrected chi connectivity index (χ0v) is 18.1. The van der Waals surface area contributed by atoms with E-state index in [0.717, 1.165) is 10.8 Å². The lowest BCUT2D eigenvalue weighted by atomic mass is 9.85. The number of nitrogens with zero attached hydrogens (tertiary/aromatic N) is 1. The van der Waals surface area contributed by atoms with Gasteiger partial charge in [0.25, 0.3) is 5.69 Å². The van der Waals surface area contributed by atoms with Crippen LogP contribution in [0.3, 0.4) is 0 Å². The Morgan fingerprint density at radius 3 is 2.09 bits per heavy atom. The number of hydrogen-bond donors (Lipinski definition) is 1. The molecule has 4 aromatic carbocycles. The number of rotatable bonds is 4. The van der Waals surface area contributed by atoms with Gasteiger partial charge in [0.05, 0.1) is 16.1 Å². The summed E-state index contributed by atoms with van der Waals surface area (Å²) in [6.45, 7) is 0. The van der Waals surface area contributed by atoms with Gasteiger partial charge in [0.2, 0.25) is 11.7 Å². The Hall–Kier alpha value is -5.04. The topological polar surface area (TPSA) is 102 Å². The van der Waals surface area contributed by atoms with E-state index in [-0.39, 0.29) is 40.0 Å². The lowest BCUT2D eigenvalue weighted by molar-refractivity contribution is -0.384. The lowest BCUT2D eigenvalue weighted by Gasteiger charge is -2.14. The molecule has 0 aliphatic heterocycles. The van der Waals surface area contributed by atoms with E-state index in [2.05, 4.69) is 5.32 Å². The van der Waals surface area contributed by atoms with Crippen molar-refractivity contribution in [3.05, 3.63) is 124 Å². The summed E-state index contributed by atoms with van der Waals surface area (Å²) >= 11 is 0. The van der Waals surface area contributed by atoms with E-state index in [4.69, 9.17) is 4.42 Å². The van der Waals surface area contributed by atoms with Crippen LogP contribution in [0.1, 0.15) is 32.0 Å². The molecule has 0 saturated heterocycles. The molecule has 0 spiro atoms. The Bertz CT molecular complexity index is 1680. The summed E-state index contributed by atoms with van der Waals surface area (Å²) in [4.78, 5) is 37.4. The van der Waals surface area contributed by atoms with Crippen molar-refractivity contribution in [1.82, 2.24) is 0 Å². The number of nitro benzene ring substituents is 1. The summed E-state index contributed by atoms with van der Waals surface area (Å²) in [6.07, 6.45) is 0. The lowest BCUT2D eigenvalue weighted by Crippen LogP contribution is -2.19. The van der Waals surface area contributed by atoms with Gasteiger partial charge >= 0.3 is 0 Å². The Balaban J connectivity index is 1.54. The van der Waals surface area contributed by atoms with E-state index in [1.807, 2.05) is 42.5 Å². The van der Waals surface area contributed by atoms with Crippen molar-refractivity contribution < 1.29 is 18.9 Å². The van der Waals surface area contributed by atoms with Gasteiger partial charge in [-0.15, -0.1) is 0 Å². The number of carbonyl (C=O) groups excluding carboxylic acids is 2. The van der Waals surface area contributed by atoms with Gasteiger partial charge in [0, 0.05) is 28.9 Å². The van der Waals surface area contributed by atoms with Gasteiger partial charge in [-0.2, -0.15) is 0 Å². The number of anilines is 2. The molecular formula is C28H16N2O5.